The number of thiazole rings is 1. The first kappa shape index (κ1) is 8.21. The molecule has 1 aromatic rings. The number of hydrogen-bond donors (Lipinski definition) is 0. The van der Waals surface area contributed by atoms with E-state index in [1.807, 2.05) is 5.38 Å². The van der Waals surface area contributed by atoms with E-state index >= 15 is 0 Å². The van der Waals surface area contributed by atoms with Crippen LogP contribution in [-0.2, 0) is 5.41 Å². The molecule has 0 atom stereocenters. The average molecular weight is 220 g/mol. The van der Waals surface area contributed by atoms with Gasteiger partial charge in [0.15, 0.2) is 0 Å². The fraction of sp³-hybridized carbons (Fsp3) is 0.571. The molecule has 0 bridgehead atoms. The predicted molar refractivity (Wildman–Crippen MR) is 48.5 cm³/mol. The summed E-state index contributed by atoms with van der Waals surface area (Å²) < 4.78 is 0.947. The van der Waals surface area contributed by atoms with Gasteiger partial charge in [0, 0.05) is 10.8 Å². The number of halogens is 1. The molecule has 0 aliphatic heterocycles. The zero-order chi connectivity index (χ0) is 7.78. The molecule has 1 nitrogen and oxygen atoms in total. The van der Waals surface area contributed by atoms with E-state index in [2.05, 4.69) is 41.7 Å². The Kier molecular flexibility index (Phi) is 2.15. The van der Waals surface area contributed by atoms with Crippen LogP contribution in [0.3, 0.4) is 0 Å². The topological polar surface area (TPSA) is 12.9 Å². The van der Waals surface area contributed by atoms with Crippen molar-refractivity contribution in [2.45, 2.75) is 26.2 Å². The Hall–Kier alpha value is 0.110. The number of hydrogen-bond acceptors (Lipinski definition) is 2. The molecule has 0 spiro atoms. The largest absolute Gasteiger partial charge is 0.234 e. The molecule has 1 rings (SSSR count). The van der Waals surface area contributed by atoms with Crippen LogP contribution in [0.25, 0.3) is 0 Å². The maximum atomic E-state index is 4.32. The summed E-state index contributed by atoms with van der Waals surface area (Å²) in [6, 6.07) is 0. The van der Waals surface area contributed by atoms with E-state index in [0.29, 0.717) is 0 Å². The van der Waals surface area contributed by atoms with Crippen molar-refractivity contribution in [3.05, 3.63) is 15.0 Å². The molecule has 0 amide bonds. The normalized spacial score (nSPS) is 12.0. The van der Waals surface area contributed by atoms with Crippen molar-refractivity contribution in [2.75, 3.05) is 0 Å². The minimum atomic E-state index is 0.191. The van der Waals surface area contributed by atoms with Gasteiger partial charge in [-0.3, -0.25) is 0 Å². The summed E-state index contributed by atoms with van der Waals surface area (Å²) >= 11 is 5.02. The zero-order valence-corrected chi connectivity index (χ0v) is 8.71. The molecular weight excluding hydrogens is 210 g/mol. The van der Waals surface area contributed by atoms with Crippen molar-refractivity contribution in [3.8, 4) is 0 Å². The van der Waals surface area contributed by atoms with Gasteiger partial charge in [0.1, 0.15) is 4.60 Å². The average Bonchev–Trinajstić information content (AvgIpc) is 2.11. The molecule has 0 aliphatic rings. The lowest BCUT2D eigenvalue weighted by Crippen LogP contribution is -2.09. The van der Waals surface area contributed by atoms with Gasteiger partial charge in [-0.15, -0.1) is 11.3 Å². The Labute approximate surface area is 73.6 Å². The van der Waals surface area contributed by atoms with Gasteiger partial charge in [-0.2, -0.15) is 0 Å². The minimum absolute atomic E-state index is 0.191. The van der Waals surface area contributed by atoms with Gasteiger partial charge in [0.05, 0.1) is 5.01 Å². The second-order valence-electron chi connectivity index (χ2n) is 3.23. The lowest BCUT2D eigenvalue weighted by Gasteiger charge is -2.13. The summed E-state index contributed by atoms with van der Waals surface area (Å²) in [4.78, 5) is 4.32. The first-order valence-electron chi connectivity index (χ1n) is 3.11. The van der Waals surface area contributed by atoms with Crippen LogP contribution in [0.2, 0.25) is 0 Å². The molecule has 0 saturated heterocycles. The lowest BCUT2D eigenvalue weighted by atomic mass is 9.98. The Morgan fingerprint density at radius 3 is 2.30 bits per heavy atom. The van der Waals surface area contributed by atoms with Crippen molar-refractivity contribution in [3.63, 3.8) is 0 Å². The van der Waals surface area contributed by atoms with Crippen LogP contribution in [0.4, 0.5) is 0 Å². The second-order valence-corrected chi connectivity index (χ2v) is 4.90. The summed E-state index contributed by atoms with van der Waals surface area (Å²) in [7, 11) is 0. The highest BCUT2D eigenvalue weighted by Crippen LogP contribution is 2.27. The molecule has 1 heterocycles. The van der Waals surface area contributed by atoms with Crippen LogP contribution >= 0.6 is 27.3 Å². The Balaban J connectivity index is 2.96. The van der Waals surface area contributed by atoms with E-state index in [0.717, 1.165) is 4.60 Å². The van der Waals surface area contributed by atoms with Crippen molar-refractivity contribution >= 4 is 27.3 Å². The third-order valence-corrected chi connectivity index (χ3v) is 3.10. The minimum Gasteiger partial charge on any atom is -0.234 e. The van der Waals surface area contributed by atoms with Crippen LogP contribution in [0.5, 0.6) is 0 Å². The highest BCUT2D eigenvalue weighted by molar-refractivity contribution is 9.10. The first-order chi connectivity index (χ1) is 4.50. The molecule has 0 unspecified atom stereocenters. The molecule has 10 heavy (non-hydrogen) atoms. The van der Waals surface area contributed by atoms with E-state index in [1.165, 1.54) is 5.01 Å². The van der Waals surface area contributed by atoms with Crippen LogP contribution in [0.15, 0.2) is 9.98 Å². The Morgan fingerprint density at radius 2 is 2.10 bits per heavy atom. The van der Waals surface area contributed by atoms with Gasteiger partial charge in [-0.05, 0) is 15.9 Å². The molecular formula is C7H10BrNS. The number of rotatable bonds is 0. The summed E-state index contributed by atoms with van der Waals surface area (Å²) in [5.74, 6) is 0. The highest BCUT2D eigenvalue weighted by atomic mass is 79.9. The predicted octanol–water partition coefficient (Wildman–Crippen LogP) is 3.20. The van der Waals surface area contributed by atoms with E-state index in [-0.39, 0.29) is 5.41 Å². The summed E-state index contributed by atoms with van der Waals surface area (Å²) in [6.45, 7) is 6.49. The fourth-order valence-corrected chi connectivity index (χ4v) is 1.94. The Bertz CT molecular complexity index is 224. The van der Waals surface area contributed by atoms with Gasteiger partial charge in [0.25, 0.3) is 0 Å². The quantitative estimate of drug-likeness (QED) is 0.654. The van der Waals surface area contributed by atoms with Gasteiger partial charge in [0.2, 0.25) is 0 Å². The van der Waals surface area contributed by atoms with Crippen molar-refractivity contribution in [2.24, 2.45) is 0 Å². The standard InChI is InChI=1S/C7H10BrNS/c1-7(2,3)6-9-5(8)4-10-6/h4H,1-3H3. The lowest BCUT2D eigenvalue weighted by molar-refractivity contribution is 0.584. The molecule has 3 heteroatoms. The van der Waals surface area contributed by atoms with Crippen LogP contribution < -0.4 is 0 Å². The zero-order valence-electron chi connectivity index (χ0n) is 6.31. The SMILES string of the molecule is CC(C)(C)c1nc(Br)cs1. The number of aromatic nitrogens is 1. The fourth-order valence-electron chi connectivity index (χ4n) is 0.599. The monoisotopic (exact) mass is 219 g/mol. The van der Waals surface area contributed by atoms with E-state index in [1.54, 1.807) is 11.3 Å². The van der Waals surface area contributed by atoms with Gasteiger partial charge >= 0.3 is 0 Å². The third kappa shape index (κ3) is 1.80. The molecule has 0 radical (unpaired) electrons. The third-order valence-electron chi connectivity index (χ3n) is 1.12. The smallest absolute Gasteiger partial charge is 0.117 e. The van der Waals surface area contributed by atoms with Gasteiger partial charge in [-0.1, -0.05) is 20.8 Å². The second kappa shape index (κ2) is 2.62. The van der Waals surface area contributed by atoms with Gasteiger partial charge < -0.3 is 0 Å². The molecule has 0 saturated carbocycles. The Morgan fingerprint density at radius 1 is 1.50 bits per heavy atom. The number of nitrogens with zero attached hydrogens (tertiary/aromatic N) is 1. The van der Waals surface area contributed by atoms with Crippen LogP contribution in [-0.4, -0.2) is 4.98 Å². The molecule has 1 aromatic heterocycles. The summed E-state index contributed by atoms with van der Waals surface area (Å²) in [6.07, 6.45) is 0. The maximum absolute atomic E-state index is 4.32. The van der Waals surface area contributed by atoms with Crippen molar-refractivity contribution in [1.29, 1.82) is 0 Å². The van der Waals surface area contributed by atoms with Crippen LogP contribution in [0.1, 0.15) is 25.8 Å². The highest BCUT2D eigenvalue weighted by Gasteiger charge is 2.16. The summed E-state index contributed by atoms with van der Waals surface area (Å²) in [5, 5.41) is 3.19. The molecule has 0 aliphatic carbocycles. The molecule has 56 valence electrons. The summed E-state index contributed by atoms with van der Waals surface area (Å²) in [5.41, 5.74) is 0.191. The van der Waals surface area contributed by atoms with E-state index in [4.69, 9.17) is 0 Å². The van der Waals surface area contributed by atoms with Gasteiger partial charge in [-0.25, -0.2) is 4.98 Å². The molecule has 0 N–H and O–H groups in total. The first-order valence-corrected chi connectivity index (χ1v) is 4.79. The van der Waals surface area contributed by atoms with Crippen molar-refractivity contribution < 1.29 is 0 Å². The van der Waals surface area contributed by atoms with Crippen molar-refractivity contribution in [1.82, 2.24) is 4.98 Å². The van der Waals surface area contributed by atoms with E-state index in [9.17, 15) is 0 Å². The van der Waals surface area contributed by atoms with E-state index < -0.39 is 0 Å². The molecule has 0 aromatic carbocycles. The van der Waals surface area contributed by atoms with Crippen LogP contribution in [0, 0.1) is 0 Å². The maximum Gasteiger partial charge on any atom is 0.117 e. The molecule has 0 fully saturated rings.